The Hall–Kier alpha value is 0.440. The molecule has 0 saturated heterocycles. The molecular weight excluding hydrogens is 220 g/mol. The Bertz CT molecular complexity index is 229. The standard InChI is InChI=1S/C13H24S2/c1-9(2)6-12-13(7-10(3)4)15-11(5)8-14-12/h9-11H,6-8H2,1-5H3. The van der Waals surface area contributed by atoms with Crippen LogP contribution in [0, 0.1) is 11.8 Å². The van der Waals surface area contributed by atoms with Crippen molar-refractivity contribution in [1.82, 2.24) is 0 Å². The molecule has 0 bridgehead atoms. The molecule has 1 atom stereocenters. The van der Waals surface area contributed by atoms with Crippen molar-refractivity contribution in [3.8, 4) is 0 Å². The molecule has 0 spiro atoms. The zero-order chi connectivity index (χ0) is 11.4. The van der Waals surface area contributed by atoms with Crippen molar-refractivity contribution in [2.45, 2.75) is 52.7 Å². The van der Waals surface area contributed by atoms with E-state index < -0.39 is 0 Å². The molecule has 0 radical (unpaired) electrons. The van der Waals surface area contributed by atoms with E-state index in [1.165, 1.54) is 18.6 Å². The van der Waals surface area contributed by atoms with Crippen LogP contribution in [0.1, 0.15) is 47.5 Å². The lowest BCUT2D eigenvalue weighted by Gasteiger charge is -2.26. The lowest BCUT2D eigenvalue weighted by Crippen LogP contribution is -2.10. The Morgan fingerprint density at radius 2 is 1.60 bits per heavy atom. The summed E-state index contributed by atoms with van der Waals surface area (Å²) >= 11 is 4.23. The Kier molecular flexibility index (Phi) is 5.62. The van der Waals surface area contributed by atoms with Gasteiger partial charge in [0.2, 0.25) is 0 Å². The maximum atomic E-state index is 2.35. The number of allylic oxidation sites excluding steroid dienone is 2. The van der Waals surface area contributed by atoms with Gasteiger partial charge >= 0.3 is 0 Å². The first kappa shape index (κ1) is 13.5. The van der Waals surface area contributed by atoms with E-state index in [1.54, 1.807) is 9.81 Å². The molecule has 0 N–H and O–H groups in total. The molecular formula is C13H24S2. The third kappa shape index (κ3) is 4.86. The average molecular weight is 244 g/mol. The summed E-state index contributed by atoms with van der Waals surface area (Å²) < 4.78 is 0. The normalized spacial score (nSPS) is 23.0. The predicted octanol–water partition coefficient (Wildman–Crippen LogP) is 5.16. The lowest BCUT2D eigenvalue weighted by atomic mass is 10.1. The van der Waals surface area contributed by atoms with Gasteiger partial charge in [0.05, 0.1) is 0 Å². The smallest absolute Gasteiger partial charge is 0.0157 e. The van der Waals surface area contributed by atoms with Gasteiger partial charge in [0, 0.05) is 11.0 Å². The van der Waals surface area contributed by atoms with E-state index >= 15 is 0 Å². The van der Waals surface area contributed by atoms with E-state index in [4.69, 9.17) is 0 Å². The Labute approximate surface area is 104 Å². The van der Waals surface area contributed by atoms with Crippen molar-refractivity contribution in [3.05, 3.63) is 9.81 Å². The molecule has 1 aliphatic rings. The zero-order valence-corrected chi connectivity index (χ0v) is 12.3. The van der Waals surface area contributed by atoms with Gasteiger partial charge in [0.1, 0.15) is 0 Å². The van der Waals surface area contributed by atoms with Crippen LogP contribution in [0.3, 0.4) is 0 Å². The minimum Gasteiger partial charge on any atom is -0.129 e. The summed E-state index contributed by atoms with van der Waals surface area (Å²) in [6.07, 6.45) is 2.57. The molecule has 1 rings (SSSR count). The first-order chi connectivity index (χ1) is 6.99. The van der Waals surface area contributed by atoms with Gasteiger partial charge in [-0.05, 0) is 34.5 Å². The fourth-order valence-electron chi connectivity index (χ4n) is 1.72. The van der Waals surface area contributed by atoms with E-state index in [9.17, 15) is 0 Å². The lowest BCUT2D eigenvalue weighted by molar-refractivity contribution is 0.634. The quantitative estimate of drug-likeness (QED) is 0.670. The van der Waals surface area contributed by atoms with Crippen LogP contribution in [0.4, 0.5) is 0 Å². The minimum atomic E-state index is 0.792. The molecule has 0 nitrogen and oxygen atoms in total. The fourth-order valence-corrected chi connectivity index (χ4v) is 4.78. The summed E-state index contributed by atoms with van der Waals surface area (Å²) in [6, 6.07) is 0. The summed E-state index contributed by atoms with van der Waals surface area (Å²) in [5, 5.41) is 0.805. The van der Waals surface area contributed by atoms with Crippen molar-refractivity contribution in [2.75, 3.05) is 5.75 Å². The maximum absolute atomic E-state index is 2.35. The van der Waals surface area contributed by atoms with Gasteiger partial charge in [-0.3, -0.25) is 0 Å². The van der Waals surface area contributed by atoms with Gasteiger partial charge in [-0.25, -0.2) is 0 Å². The molecule has 1 unspecified atom stereocenters. The van der Waals surface area contributed by atoms with Gasteiger partial charge in [0.15, 0.2) is 0 Å². The van der Waals surface area contributed by atoms with Crippen molar-refractivity contribution < 1.29 is 0 Å². The van der Waals surface area contributed by atoms with Crippen LogP contribution in [0.2, 0.25) is 0 Å². The molecule has 0 saturated carbocycles. The van der Waals surface area contributed by atoms with Crippen LogP contribution in [0.25, 0.3) is 0 Å². The summed E-state index contributed by atoms with van der Waals surface area (Å²) in [5.41, 5.74) is 0. The maximum Gasteiger partial charge on any atom is 0.0157 e. The first-order valence-electron chi connectivity index (χ1n) is 6.00. The van der Waals surface area contributed by atoms with Gasteiger partial charge in [-0.1, -0.05) is 34.6 Å². The van der Waals surface area contributed by atoms with Crippen molar-refractivity contribution >= 4 is 23.5 Å². The third-order valence-electron chi connectivity index (χ3n) is 2.33. The van der Waals surface area contributed by atoms with Gasteiger partial charge in [0.25, 0.3) is 0 Å². The highest BCUT2D eigenvalue weighted by Gasteiger charge is 2.20. The second-order valence-corrected chi connectivity index (χ2v) is 7.93. The van der Waals surface area contributed by atoms with E-state index in [0.717, 1.165) is 17.1 Å². The van der Waals surface area contributed by atoms with Crippen molar-refractivity contribution in [1.29, 1.82) is 0 Å². The van der Waals surface area contributed by atoms with Crippen LogP contribution in [0.15, 0.2) is 9.81 Å². The average Bonchev–Trinajstić information content (AvgIpc) is 2.08. The molecule has 0 aromatic heterocycles. The van der Waals surface area contributed by atoms with Crippen molar-refractivity contribution in [3.63, 3.8) is 0 Å². The number of hydrogen-bond acceptors (Lipinski definition) is 2. The molecule has 2 heteroatoms. The molecule has 0 amide bonds. The molecule has 0 aromatic carbocycles. The van der Waals surface area contributed by atoms with Crippen LogP contribution >= 0.6 is 23.5 Å². The van der Waals surface area contributed by atoms with E-state index in [1.807, 2.05) is 0 Å². The molecule has 0 aromatic rings. The van der Waals surface area contributed by atoms with Crippen LogP contribution in [-0.4, -0.2) is 11.0 Å². The Morgan fingerprint density at radius 1 is 1.07 bits per heavy atom. The molecule has 1 aliphatic heterocycles. The number of hydrogen-bond donors (Lipinski definition) is 0. The highest BCUT2D eigenvalue weighted by molar-refractivity contribution is 8.10. The molecule has 88 valence electrons. The van der Waals surface area contributed by atoms with Crippen LogP contribution in [0.5, 0.6) is 0 Å². The summed E-state index contributed by atoms with van der Waals surface area (Å²) in [7, 11) is 0. The van der Waals surface area contributed by atoms with Gasteiger partial charge in [-0.15, -0.1) is 23.5 Å². The first-order valence-corrected chi connectivity index (χ1v) is 7.87. The molecule has 1 heterocycles. The Balaban J connectivity index is 2.71. The summed E-state index contributed by atoms with van der Waals surface area (Å²) in [6.45, 7) is 11.6. The zero-order valence-electron chi connectivity index (χ0n) is 10.7. The topological polar surface area (TPSA) is 0 Å². The third-order valence-corrected chi connectivity index (χ3v) is 5.37. The molecule has 0 fully saturated rings. The molecule has 0 aliphatic carbocycles. The SMILES string of the molecule is CC(C)CC1=C(CC(C)C)SC(C)CS1. The minimum absolute atomic E-state index is 0.792. The number of thioether (sulfide) groups is 2. The van der Waals surface area contributed by atoms with Crippen LogP contribution < -0.4 is 0 Å². The number of rotatable bonds is 4. The largest absolute Gasteiger partial charge is 0.129 e. The highest BCUT2D eigenvalue weighted by atomic mass is 32.2. The fraction of sp³-hybridized carbons (Fsp3) is 0.846. The monoisotopic (exact) mass is 244 g/mol. The second-order valence-electron chi connectivity index (χ2n) is 5.28. The van der Waals surface area contributed by atoms with E-state index in [2.05, 4.69) is 58.1 Å². The van der Waals surface area contributed by atoms with Crippen molar-refractivity contribution in [2.24, 2.45) is 11.8 Å². The Morgan fingerprint density at radius 3 is 2.13 bits per heavy atom. The summed E-state index contributed by atoms with van der Waals surface area (Å²) in [4.78, 5) is 3.37. The highest BCUT2D eigenvalue weighted by Crippen LogP contribution is 2.43. The summed E-state index contributed by atoms with van der Waals surface area (Å²) in [5.74, 6) is 2.89. The molecule has 15 heavy (non-hydrogen) atoms. The predicted molar refractivity (Wildman–Crippen MR) is 75.4 cm³/mol. The second kappa shape index (κ2) is 6.24. The van der Waals surface area contributed by atoms with Gasteiger partial charge < -0.3 is 0 Å². The van der Waals surface area contributed by atoms with Gasteiger partial charge in [-0.2, -0.15) is 0 Å². The van der Waals surface area contributed by atoms with Crippen LogP contribution in [-0.2, 0) is 0 Å². The van der Waals surface area contributed by atoms with E-state index in [0.29, 0.717) is 0 Å². The van der Waals surface area contributed by atoms with E-state index in [-0.39, 0.29) is 0 Å².